The summed E-state index contributed by atoms with van der Waals surface area (Å²) in [6.45, 7) is -0.188. The van der Waals surface area contributed by atoms with E-state index in [-0.39, 0.29) is 24.0 Å². The Morgan fingerprint density at radius 2 is 1.97 bits per heavy atom. The third-order valence-corrected chi connectivity index (χ3v) is 5.27. The number of hydrogen-bond donors (Lipinski definition) is 0. The van der Waals surface area contributed by atoms with Gasteiger partial charge in [0.15, 0.2) is 5.76 Å². The summed E-state index contributed by atoms with van der Waals surface area (Å²) in [7, 11) is 3.11. The zero-order chi connectivity index (χ0) is 22.7. The number of hydrazone groups is 1. The molecule has 0 radical (unpaired) electrons. The number of methoxy groups -OCH3 is 1. The van der Waals surface area contributed by atoms with Crippen LogP contribution in [0.4, 0.5) is 4.39 Å². The molecule has 4 rings (SSSR count). The maximum atomic E-state index is 13.5. The van der Waals surface area contributed by atoms with E-state index in [2.05, 4.69) is 5.10 Å². The predicted molar refractivity (Wildman–Crippen MR) is 116 cm³/mol. The van der Waals surface area contributed by atoms with Crippen LogP contribution < -0.4 is 4.74 Å². The topological polar surface area (TPSA) is 75.3 Å². The third-order valence-electron chi connectivity index (χ3n) is 5.27. The van der Waals surface area contributed by atoms with Crippen molar-refractivity contribution in [3.8, 4) is 5.75 Å². The summed E-state index contributed by atoms with van der Waals surface area (Å²) in [6.07, 6.45) is 1.85. The lowest BCUT2D eigenvalue weighted by Crippen LogP contribution is -2.39. The molecule has 0 saturated carbocycles. The molecule has 32 heavy (non-hydrogen) atoms. The average molecular weight is 435 g/mol. The summed E-state index contributed by atoms with van der Waals surface area (Å²) in [5.74, 6) is -0.297. The van der Waals surface area contributed by atoms with Crippen LogP contribution in [-0.4, -0.2) is 48.1 Å². The maximum absolute atomic E-state index is 13.5. The van der Waals surface area contributed by atoms with E-state index in [9.17, 15) is 14.0 Å². The van der Waals surface area contributed by atoms with Gasteiger partial charge in [-0.3, -0.25) is 9.59 Å². The molecule has 7 nitrogen and oxygen atoms in total. The van der Waals surface area contributed by atoms with Gasteiger partial charge in [0.05, 0.1) is 25.1 Å². The van der Waals surface area contributed by atoms with Gasteiger partial charge in [-0.25, -0.2) is 9.40 Å². The zero-order valence-corrected chi connectivity index (χ0v) is 17.7. The second-order valence-electron chi connectivity index (χ2n) is 7.43. The Kier molecular flexibility index (Phi) is 6.02. The Morgan fingerprint density at radius 3 is 2.66 bits per heavy atom. The summed E-state index contributed by atoms with van der Waals surface area (Å²) in [5, 5.41) is 5.95. The van der Waals surface area contributed by atoms with E-state index in [4.69, 9.17) is 9.15 Å². The normalized spacial score (nSPS) is 15.4. The number of nitrogens with zero attached hydrogens (tertiary/aromatic N) is 3. The highest BCUT2D eigenvalue weighted by molar-refractivity contribution is 6.04. The number of ether oxygens (including phenoxy) is 1. The molecular weight excluding hydrogens is 413 g/mol. The van der Waals surface area contributed by atoms with Crippen molar-refractivity contribution in [1.29, 1.82) is 0 Å². The Morgan fingerprint density at radius 1 is 1.19 bits per heavy atom. The Labute approximate surface area is 184 Å². The summed E-state index contributed by atoms with van der Waals surface area (Å²) >= 11 is 0. The second-order valence-corrected chi connectivity index (χ2v) is 7.43. The molecule has 1 aliphatic heterocycles. The minimum atomic E-state index is -0.420. The van der Waals surface area contributed by atoms with E-state index in [0.717, 1.165) is 11.1 Å². The van der Waals surface area contributed by atoms with Crippen LogP contribution in [-0.2, 0) is 4.79 Å². The minimum absolute atomic E-state index is 0.150. The molecule has 1 aromatic heterocycles. The van der Waals surface area contributed by atoms with E-state index in [1.54, 1.807) is 31.4 Å². The molecule has 8 heteroatoms. The van der Waals surface area contributed by atoms with Crippen LogP contribution in [0.2, 0.25) is 0 Å². The van der Waals surface area contributed by atoms with Crippen LogP contribution >= 0.6 is 0 Å². The van der Waals surface area contributed by atoms with Crippen LogP contribution in [0.25, 0.3) is 0 Å². The fourth-order valence-corrected chi connectivity index (χ4v) is 3.60. The smallest absolute Gasteiger partial charge is 0.289 e. The van der Waals surface area contributed by atoms with Crippen molar-refractivity contribution in [2.24, 2.45) is 5.10 Å². The van der Waals surface area contributed by atoms with Gasteiger partial charge in [-0.05, 0) is 42.0 Å². The molecule has 0 saturated heterocycles. The highest BCUT2D eigenvalue weighted by Crippen LogP contribution is 2.33. The van der Waals surface area contributed by atoms with Gasteiger partial charge < -0.3 is 14.1 Å². The standard InChI is InChI=1S/C24H22FN3O4/c1-27(24(30)22-7-4-12-32-22)15-23(29)28-21(16-8-10-18(25)11-9-16)14-20(26-28)17-5-3-6-19(13-17)31-2/h3-13,21H,14-15H2,1-2H3. The van der Waals surface area contributed by atoms with Gasteiger partial charge in [0.1, 0.15) is 18.1 Å². The quantitative estimate of drug-likeness (QED) is 0.589. The fraction of sp³-hybridized carbons (Fsp3) is 0.208. The number of carbonyl (C=O) groups is 2. The second kappa shape index (κ2) is 9.05. The summed E-state index contributed by atoms with van der Waals surface area (Å²) in [5.41, 5.74) is 2.28. The van der Waals surface area contributed by atoms with Crippen LogP contribution in [0.15, 0.2) is 76.4 Å². The van der Waals surface area contributed by atoms with Crippen LogP contribution in [0.5, 0.6) is 5.75 Å². The van der Waals surface area contributed by atoms with Crippen molar-refractivity contribution in [3.63, 3.8) is 0 Å². The number of furan rings is 1. The maximum Gasteiger partial charge on any atom is 0.289 e. The number of likely N-dealkylation sites (N-methyl/N-ethyl adjacent to an activating group) is 1. The Balaban J connectivity index is 1.61. The molecule has 0 aliphatic carbocycles. The van der Waals surface area contributed by atoms with Gasteiger partial charge in [-0.2, -0.15) is 5.10 Å². The first-order valence-corrected chi connectivity index (χ1v) is 10.0. The Hall–Kier alpha value is -3.94. The first kappa shape index (κ1) is 21.3. The van der Waals surface area contributed by atoms with Crippen molar-refractivity contribution < 1.29 is 23.1 Å². The van der Waals surface area contributed by atoms with E-state index >= 15 is 0 Å². The predicted octanol–water partition coefficient (Wildman–Crippen LogP) is 3.88. The third kappa shape index (κ3) is 4.39. The van der Waals surface area contributed by atoms with Crippen molar-refractivity contribution in [2.45, 2.75) is 12.5 Å². The average Bonchev–Trinajstić information content (AvgIpc) is 3.50. The lowest BCUT2D eigenvalue weighted by atomic mass is 9.98. The van der Waals surface area contributed by atoms with E-state index in [1.807, 2.05) is 24.3 Å². The van der Waals surface area contributed by atoms with Gasteiger partial charge in [-0.1, -0.05) is 24.3 Å². The van der Waals surface area contributed by atoms with E-state index in [0.29, 0.717) is 17.9 Å². The van der Waals surface area contributed by atoms with E-state index in [1.165, 1.54) is 35.4 Å². The first-order chi connectivity index (χ1) is 15.5. The molecule has 2 amide bonds. The van der Waals surface area contributed by atoms with Crippen molar-refractivity contribution in [3.05, 3.63) is 89.6 Å². The van der Waals surface area contributed by atoms with E-state index < -0.39 is 11.9 Å². The molecule has 0 fully saturated rings. The SMILES string of the molecule is COc1cccc(C2=NN(C(=O)CN(C)C(=O)c3ccco3)C(c3ccc(F)cc3)C2)c1. The van der Waals surface area contributed by atoms with Gasteiger partial charge in [0, 0.05) is 19.0 Å². The number of carbonyl (C=O) groups excluding carboxylic acids is 2. The fourth-order valence-electron chi connectivity index (χ4n) is 3.60. The van der Waals surface area contributed by atoms with Crippen LogP contribution in [0.1, 0.15) is 34.1 Å². The van der Waals surface area contributed by atoms with Crippen molar-refractivity contribution >= 4 is 17.5 Å². The molecule has 2 heterocycles. The van der Waals surface area contributed by atoms with Crippen molar-refractivity contribution in [2.75, 3.05) is 20.7 Å². The molecule has 2 aromatic carbocycles. The molecule has 3 aromatic rings. The monoisotopic (exact) mass is 435 g/mol. The van der Waals surface area contributed by atoms with Crippen LogP contribution in [0, 0.1) is 5.82 Å². The molecule has 0 N–H and O–H groups in total. The zero-order valence-electron chi connectivity index (χ0n) is 17.7. The summed E-state index contributed by atoms with van der Waals surface area (Å²) in [4.78, 5) is 26.9. The molecule has 1 aliphatic rings. The van der Waals surface area contributed by atoms with Crippen molar-refractivity contribution in [1.82, 2.24) is 9.91 Å². The summed E-state index contributed by atoms with van der Waals surface area (Å²) in [6, 6.07) is 16.1. The largest absolute Gasteiger partial charge is 0.497 e. The number of benzene rings is 2. The van der Waals surface area contributed by atoms with Gasteiger partial charge in [-0.15, -0.1) is 0 Å². The van der Waals surface area contributed by atoms with Crippen LogP contribution in [0.3, 0.4) is 0 Å². The highest BCUT2D eigenvalue weighted by Gasteiger charge is 2.34. The molecule has 1 atom stereocenters. The van der Waals surface area contributed by atoms with Gasteiger partial charge in [0.2, 0.25) is 0 Å². The minimum Gasteiger partial charge on any atom is -0.497 e. The molecular formula is C24H22FN3O4. The van der Waals surface area contributed by atoms with Gasteiger partial charge >= 0.3 is 0 Å². The van der Waals surface area contributed by atoms with Gasteiger partial charge in [0.25, 0.3) is 11.8 Å². The molecule has 0 bridgehead atoms. The first-order valence-electron chi connectivity index (χ1n) is 10.0. The lowest BCUT2D eigenvalue weighted by molar-refractivity contribution is -0.133. The summed E-state index contributed by atoms with van der Waals surface area (Å²) < 4.78 is 23.9. The molecule has 164 valence electrons. The Bertz CT molecular complexity index is 1140. The lowest BCUT2D eigenvalue weighted by Gasteiger charge is -2.24. The number of rotatable bonds is 6. The number of hydrogen-bond acceptors (Lipinski definition) is 5. The molecule has 0 spiro atoms. The highest BCUT2D eigenvalue weighted by atomic mass is 19.1. The number of amides is 2. The molecule has 1 unspecified atom stereocenters. The number of halogens is 1.